The third-order valence-corrected chi connectivity index (χ3v) is 4.24. The summed E-state index contributed by atoms with van der Waals surface area (Å²) in [5.74, 6) is 1.44. The highest BCUT2D eigenvalue weighted by Gasteiger charge is 2.03. The summed E-state index contributed by atoms with van der Waals surface area (Å²) in [6.45, 7) is 2.58. The van der Waals surface area contributed by atoms with Gasteiger partial charge in [-0.05, 0) is 42.8 Å². The zero-order chi connectivity index (χ0) is 14.5. The third kappa shape index (κ3) is 4.23. The highest BCUT2D eigenvalue weighted by Crippen LogP contribution is 2.29. The number of rotatable bonds is 5. The summed E-state index contributed by atoms with van der Waals surface area (Å²) in [5, 5.41) is 1.13. The van der Waals surface area contributed by atoms with Crippen LogP contribution in [-0.4, -0.2) is 12.4 Å². The molecule has 0 fully saturated rings. The normalized spacial score (nSPS) is 10.6. The van der Waals surface area contributed by atoms with E-state index in [2.05, 4.69) is 6.07 Å². The highest BCUT2D eigenvalue weighted by molar-refractivity contribution is 7.99. The van der Waals surface area contributed by atoms with Gasteiger partial charge in [0.1, 0.15) is 5.75 Å². The van der Waals surface area contributed by atoms with E-state index in [-0.39, 0.29) is 0 Å². The number of halogens is 2. The largest absolute Gasteiger partial charge is 0.491 e. The zero-order valence-corrected chi connectivity index (χ0v) is 13.4. The van der Waals surface area contributed by atoms with Gasteiger partial charge < -0.3 is 10.5 Å². The van der Waals surface area contributed by atoms with E-state index in [4.69, 9.17) is 33.7 Å². The lowest BCUT2D eigenvalue weighted by Crippen LogP contribution is -2.01. The summed E-state index contributed by atoms with van der Waals surface area (Å²) in [7, 11) is 0. The maximum Gasteiger partial charge on any atom is 0.138 e. The lowest BCUT2D eigenvalue weighted by molar-refractivity contribution is 0.344. The van der Waals surface area contributed by atoms with Crippen molar-refractivity contribution in [2.24, 2.45) is 0 Å². The van der Waals surface area contributed by atoms with E-state index in [1.165, 1.54) is 0 Å². The summed E-state index contributed by atoms with van der Waals surface area (Å²) >= 11 is 13.5. The number of hydrogen-bond donors (Lipinski definition) is 1. The van der Waals surface area contributed by atoms with Crippen molar-refractivity contribution in [2.75, 3.05) is 18.1 Å². The Balaban J connectivity index is 1.84. The maximum atomic E-state index is 6.03. The maximum absolute atomic E-state index is 6.03. The molecule has 0 radical (unpaired) electrons. The summed E-state index contributed by atoms with van der Waals surface area (Å²) < 4.78 is 5.62. The number of benzene rings is 2. The van der Waals surface area contributed by atoms with E-state index >= 15 is 0 Å². The molecule has 0 aliphatic carbocycles. The molecule has 2 aromatic carbocycles. The third-order valence-electron chi connectivity index (χ3n) is 2.66. The van der Waals surface area contributed by atoms with Crippen LogP contribution < -0.4 is 10.5 Å². The van der Waals surface area contributed by atoms with Crippen LogP contribution in [0.15, 0.2) is 41.3 Å². The van der Waals surface area contributed by atoms with Crippen molar-refractivity contribution >= 4 is 40.7 Å². The summed E-state index contributed by atoms with van der Waals surface area (Å²) in [6, 6.07) is 11.3. The fourth-order valence-electron chi connectivity index (χ4n) is 1.69. The Hall–Kier alpha value is -1.03. The Labute approximate surface area is 133 Å². The summed E-state index contributed by atoms with van der Waals surface area (Å²) in [4.78, 5) is 1.07. The quantitative estimate of drug-likeness (QED) is 0.474. The predicted octanol–water partition coefficient (Wildman–Crippen LogP) is 5.06. The molecule has 2 aromatic rings. The molecule has 5 heteroatoms. The zero-order valence-electron chi connectivity index (χ0n) is 11.0. The van der Waals surface area contributed by atoms with E-state index in [0.29, 0.717) is 22.4 Å². The molecule has 0 heterocycles. The first-order valence-corrected chi connectivity index (χ1v) is 7.87. The van der Waals surface area contributed by atoms with Crippen molar-refractivity contribution in [3.05, 3.63) is 52.0 Å². The Morgan fingerprint density at radius 2 is 1.95 bits per heavy atom. The number of anilines is 1. The van der Waals surface area contributed by atoms with Crippen molar-refractivity contribution in [3.63, 3.8) is 0 Å². The van der Waals surface area contributed by atoms with Crippen LogP contribution in [0.4, 0.5) is 5.69 Å². The van der Waals surface area contributed by atoms with Crippen LogP contribution in [-0.2, 0) is 0 Å². The Kier molecular flexibility index (Phi) is 5.46. The van der Waals surface area contributed by atoms with Gasteiger partial charge in [0.25, 0.3) is 0 Å². The number of aryl methyl sites for hydroxylation is 1. The van der Waals surface area contributed by atoms with Crippen molar-refractivity contribution in [2.45, 2.75) is 11.8 Å². The van der Waals surface area contributed by atoms with Crippen molar-refractivity contribution in [3.8, 4) is 5.75 Å². The number of nitrogen functional groups attached to an aromatic ring is 1. The molecule has 2 N–H and O–H groups in total. The smallest absolute Gasteiger partial charge is 0.138 e. The molecule has 0 aliphatic rings. The van der Waals surface area contributed by atoms with E-state index in [0.717, 1.165) is 21.9 Å². The van der Waals surface area contributed by atoms with Gasteiger partial charge in [0.15, 0.2) is 0 Å². The fourth-order valence-corrected chi connectivity index (χ4v) is 2.93. The molecule has 0 amide bonds. The minimum absolute atomic E-state index is 0.525. The molecule has 0 unspecified atom stereocenters. The van der Waals surface area contributed by atoms with Crippen molar-refractivity contribution in [1.82, 2.24) is 0 Å². The van der Waals surface area contributed by atoms with Crippen LogP contribution in [0.5, 0.6) is 5.75 Å². The minimum atomic E-state index is 0.525. The minimum Gasteiger partial charge on any atom is -0.491 e. The van der Waals surface area contributed by atoms with Gasteiger partial charge in [-0.3, -0.25) is 0 Å². The highest BCUT2D eigenvalue weighted by atomic mass is 35.5. The summed E-state index contributed by atoms with van der Waals surface area (Å²) in [5.41, 5.74) is 7.93. The van der Waals surface area contributed by atoms with Gasteiger partial charge in [-0.2, -0.15) is 0 Å². The molecule has 0 spiro atoms. The molecule has 2 rings (SSSR count). The van der Waals surface area contributed by atoms with E-state index in [9.17, 15) is 0 Å². The van der Waals surface area contributed by atoms with Gasteiger partial charge in [0, 0.05) is 21.4 Å². The molecule has 106 valence electrons. The summed E-state index contributed by atoms with van der Waals surface area (Å²) in [6.07, 6.45) is 0. The lowest BCUT2D eigenvalue weighted by Gasteiger charge is -2.09. The van der Waals surface area contributed by atoms with Crippen molar-refractivity contribution in [1.29, 1.82) is 0 Å². The van der Waals surface area contributed by atoms with Gasteiger partial charge in [-0.15, -0.1) is 11.8 Å². The Bertz CT molecular complexity index is 551. The van der Waals surface area contributed by atoms with Gasteiger partial charge in [0.2, 0.25) is 0 Å². The lowest BCUT2D eigenvalue weighted by atomic mass is 10.2. The average Bonchev–Trinajstić information content (AvgIpc) is 2.39. The monoisotopic (exact) mass is 327 g/mol. The molecule has 0 aliphatic heterocycles. The van der Waals surface area contributed by atoms with Crippen LogP contribution in [0.1, 0.15) is 5.56 Å². The molecular weight excluding hydrogens is 313 g/mol. The average molecular weight is 328 g/mol. The molecule has 2 nitrogen and oxygen atoms in total. The molecule has 0 saturated heterocycles. The number of ether oxygens (including phenoxy) is 1. The Morgan fingerprint density at radius 3 is 2.65 bits per heavy atom. The number of thioether (sulfide) groups is 1. The van der Waals surface area contributed by atoms with Crippen LogP contribution in [0.3, 0.4) is 0 Å². The molecule has 0 bridgehead atoms. The van der Waals surface area contributed by atoms with Crippen molar-refractivity contribution < 1.29 is 4.74 Å². The van der Waals surface area contributed by atoms with Gasteiger partial charge >= 0.3 is 0 Å². The second-order valence-electron chi connectivity index (χ2n) is 4.31. The standard InChI is InChI=1S/C15H15Cl2NOS/c1-10-2-5-15(13(18)8-10)20-7-6-19-14-4-3-11(16)9-12(14)17/h2-5,8-9H,6-7,18H2,1H3. The topological polar surface area (TPSA) is 35.2 Å². The second kappa shape index (κ2) is 7.11. The first-order chi connectivity index (χ1) is 9.56. The molecule has 0 saturated carbocycles. The van der Waals surface area contributed by atoms with Gasteiger partial charge in [0.05, 0.1) is 11.6 Å². The molecule has 20 heavy (non-hydrogen) atoms. The van der Waals surface area contributed by atoms with Crippen LogP contribution in [0, 0.1) is 6.92 Å². The number of nitrogens with two attached hydrogens (primary N) is 1. The van der Waals surface area contributed by atoms with E-state index in [1.807, 2.05) is 19.1 Å². The SMILES string of the molecule is Cc1ccc(SCCOc2ccc(Cl)cc2Cl)c(N)c1. The van der Waals surface area contributed by atoms with E-state index < -0.39 is 0 Å². The number of hydrogen-bond acceptors (Lipinski definition) is 3. The molecular formula is C15H15Cl2NOS. The van der Waals surface area contributed by atoms with Gasteiger partial charge in [-0.1, -0.05) is 29.3 Å². The molecule has 0 atom stereocenters. The van der Waals surface area contributed by atoms with Crippen LogP contribution >= 0.6 is 35.0 Å². The fraction of sp³-hybridized carbons (Fsp3) is 0.200. The first kappa shape index (κ1) is 15.4. The van der Waals surface area contributed by atoms with Crippen LogP contribution in [0.25, 0.3) is 0 Å². The van der Waals surface area contributed by atoms with Gasteiger partial charge in [-0.25, -0.2) is 0 Å². The molecule has 0 aromatic heterocycles. The predicted molar refractivity (Wildman–Crippen MR) is 88.3 cm³/mol. The second-order valence-corrected chi connectivity index (χ2v) is 6.29. The van der Waals surface area contributed by atoms with Crippen LogP contribution in [0.2, 0.25) is 10.0 Å². The Morgan fingerprint density at radius 1 is 1.15 bits per heavy atom. The van der Waals surface area contributed by atoms with E-state index in [1.54, 1.807) is 30.0 Å². The first-order valence-electron chi connectivity index (χ1n) is 6.13.